The Balaban J connectivity index is 2.57. The van der Waals surface area contributed by atoms with E-state index < -0.39 is 10.0 Å². The average molecular weight is 345 g/mol. The van der Waals surface area contributed by atoms with Crippen LogP contribution in [0.1, 0.15) is 11.1 Å². The van der Waals surface area contributed by atoms with Gasteiger partial charge in [-0.25, -0.2) is 8.42 Å². The monoisotopic (exact) mass is 344 g/mol. The number of aryl methyl sites for hydroxylation is 1. The molecule has 2 aromatic rings. The number of nitrogen functional groups attached to an aromatic ring is 1. The Bertz CT molecular complexity index is 785. The van der Waals surface area contributed by atoms with Crippen LogP contribution in [0.5, 0.6) is 0 Å². The molecule has 2 aromatic carbocycles. The molecule has 3 N–H and O–H groups in total. The summed E-state index contributed by atoms with van der Waals surface area (Å²) in [4.78, 5) is 0.0403. The summed E-state index contributed by atoms with van der Waals surface area (Å²) in [6.45, 7) is 3.52. The maximum absolute atomic E-state index is 12.6. The van der Waals surface area contributed by atoms with E-state index in [1.54, 1.807) is 37.3 Å². The Morgan fingerprint density at radius 2 is 1.62 bits per heavy atom. The highest BCUT2D eigenvalue weighted by molar-refractivity contribution is 7.93. The second kappa shape index (κ2) is 5.75. The Hall–Kier alpha value is -1.43. The maximum Gasteiger partial charge on any atom is 0.264 e. The molecule has 0 aromatic heterocycles. The molecule has 21 heavy (non-hydrogen) atoms. The minimum atomic E-state index is -3.89. The van der Waals surface area contributed by atoms with Crippen molar-refractivity contribution in [3.8, 4) is 0 Å². The zero-order chi connectivity index (χ0) is 15.8. The van der Waals surface area contributed by atoms with Gasteiger partial charge in [-0.1, -0.05) is 35.3 Å². The number of anilines is 2. The first-order valence-corrected chi connectivity index (χ1v) is 8.30. The van der Waals surface area contributed by atoms with Gasteiger partial charge in [0.1, 0.15) is 4.90 Å². The molecule has 7 heteroatoms. The van der Waals surface area contributed by atoms with Crippen molar-refractivity contribution in [3.05, 3.63) is 51.5 Å². The Kier molecular flexibility index (Phi) is 4.37. The topological polar surface area (TPSA) is 72.2 Å². The van der Waals surface area contributed by atoms with Crippen LogP contribution in [0.15, 0.2) is 35.2 Å². The Morgan fingerprint density at radius 1 is 1.05 bits per heavy atom. The van der Waals surface area contributed by atoms with Gasteiger partial charge in [-0.3, -0.25) is 4.72 Å². The van der Waals surface area contributed by atoms with Crippen LogP contribution in [-0.2, 0) is 10.0 Å². The lowest BCUT2D eigenvalue weighted by atomic mass is 10.1. The summed E-state index contributed by atoms with van der Waals surface area (Å²) < 4.78 is 27.6. The largest absolute Gasteiger partial charge is 0.398 e. The van der Waals surface area contributed by atoms with Crippen molar-refractivity contribution in [1.82, 2.24) is 0 Å². The van der Waals surface area contributed by atoms with Gasteiger partial charge in [-0.05, 0) is 43.2 Å². The summed E-state index contributed by atoms with van der Waals surface area (Å²) in [6, 6.07) is 8.07. The van der Waals surface area contributed by atoms with E-state index >= 15 is 0 Å². The third-order valence-corrected chi connectivity index (χ3v) is 5.36. The smallest absolute Gasteiger partial charge is 0.264 e. The van der Waals surface area contributed by atoms with Gasteiger partial charge in [0.25, 0.3) is 10.0 Å². The summed E-state index contributed by atoms with van der Waals surface area (Å²) in [6.07, 6.45) is 0. The molecule has 0 heterocycles. The Labute approximate surface area is 133 Å². The van der Waals surface area contributed by atoms with E-state index in [2.05, 4.69) is 4.72 Å². The predicted octanol–water partition coefficient (Wildman–Crippen LogP) is 3.99. The lowest BCUT2D eigenvalue weighted by Crippen LogP contribution is -2.17. The number of hydrogen-bond acceptors (Lipinski definition) is 3. The molecule has 0 amide bonds. The van der Waals surface area contributed by atoms with Crippen molar-refractivity contribution in [2.24, 2.45) is 0 Å². The predicted molar refractivity (Wildman–Crippen MR) is 87.6 cm³/mol. The molecule has 0 atom stereocenters. The Morgan fingerprint density at radius 3 is 2.19 bits per heavy atom. The second-order valence-corrected chi connectivity index (χ2v) is 7.06. The highest BCUT2D eigenvalue weighted by atomic mass is 35.5. The van der Waals surface area contributed by atoms with Crippen molar-refractivity contribution in [2.75, 3.05) is 10.5 Å². The first-order valence-electron chi connectivity index (χ1n) is 6.06. The molecule has 0 spiro atoms. The third-order valence-electron chi connectivity index (χ3n) is 3.18. The molecule has 0 unspecified atom stereocenters. The summed E-state index contributed by atoms with van der Waals surface area (Å²) in [5.41, 5.74) is 7.55. The summed E-state index contributed by atoms with van der Waals surface area (Å²) in [5.74, 6) is 0. The first-order chi connectivity index (χ1) is 9.74. The number of nitrogens with two attached hydrogens (primary N) is 1. The first kappa shape index (κ1) is 15.9. The van der Waals surface area contributed by atoms with Crippen LogP contribution in [0, 0.1) is 13.8 Å². The lowest BCUT2D eigenvalue weighted by molar-refractivity contribution is 0.601. The van der Waals surface area contributed by atoms with Crippen molar-refractivity contribution >= 4 is 44.6 Å². The van der Waals surface area contributed by atoms with Gasteiger partial charge in [0.15, 0.2) is 0 Å². The summed E-state index contributed by atoms with van der Waals surface area (Å²) in [5, 5.41) is 0.435. The molecule has 0 aliphatic heterocycles. The minimum Gasteiger partial charge on any atom is -0.398 e. The molecule has 0 aliphatic carbocycles. The van der Waals surface area contributed by atoms with Gasteiger partial charge in [-0.15, -0.1) is 0 Å². The van der Waals surface area contributed by atoms with Gasteiger partial charge < -0.3 is 5.73 Å². The number of nitrogens with one attached hydrogen (secondary N) is 1. The number of benzene rings is 2. The quantitative estimate of drug-likeness (QED) is 0.826. The van der Waals surface area contributed by atoms with Gasteiger partial charge in [0.2, 0.25) is 0 Å². The highest BCUT2D eigenvalue weighted by Gasteiger charge is 2.23. The van der Waals surface area contributed by atoms with Crippen molar-refractivity contribution < 1.29 is 8.42 Å². The van der Waals surface area contributed by atoms with Crippen LogP contribution < -0.4 is 10.5 Å². The van der Waals surface area contributed by atoms with Gasteiger partial charge in [-0.2, -0.15) is 0 Å². The van der Waals surface area contributed by atoms with E-state index in [1.807, 2.05) is 6.92 Å². The molecular formula is C14H14Cl2N2O2S. The fraction of sp³-hybridized carbons (Fsp3) is 0.143. The molecule has 0 saturated heterocycles. The van der Waals surface area contributed by atoms with E-state index in [9.17, 15) is 8.42 Å². The fourth-order valence-corrected chi connectivity index (χ4v) is 4.09. The van der Waals surface area contributed by atoms with E-state index in [-0.39, 0.29) is 26.3 Å². The third kappa shape index (κ3) is 3.10. The molecule has 0 fully saturated rings. The maximum atomic E-state index is 12.6. The number of halogens is 2. The summed E-state index contributed by atoms with van der Waals surface area (Å²) >= 11 is 12.0. The molecule has 0 saturated carbocycles. The zero-order valence-corrected chi connectivity index (χ0v) is 13.8. The zero-order valence-electron chi connectivity index (χ0n) is 11.4. The SMILES string of the molecule is Cc1ccc(N)c(S(=O)(=O)Nc2c(Cl)cccc2Cl)c1C. The van der Waals surface area contributed by atoms with E-state index in [4.69, 9.17) is 28.9 Å². The highest BCUT2D eigenvalue weighted by Crippen LogP contribution is 2.34. The van der Waals surface area contributed by atoms with E-state index in [1.165, 1.54) is 0 Å². The van der Waals surface area contributed by atoms with Crippen LogP contribution in [0.2, 0.25) is 10.0 Å². The fourth-order valence-electron chi connectivity index (χ4n) is 1.95. The van der Waals surface area contributed by atoms with Crippen LogP contribution in [-0.4, -0.2) is 8.42 Å². The van der Waals surface area contributed by atoms with Crippen molar-refractivity contribution in [2.45, 2.75) is 18.7 Å². The summed E-state index contributed by atoms with van der Waals surface area (Å²) in [7, 11) is -3.89. The van der Waals surface area contributed by atoms with Crippen LogP contribution >= 0.6 is 23.2 Å². The standard InChI is InChI=1S/C14H14Cl2N2O2S/c1-8-6-7-12(17)14(9(8)2)21(19,20)18-13-10(15)4-3-5-11(13)16/h3-7,18H,17H2,1-2H3. The molecule has 112 valence electrons. The lowest BCUT2D eigenvalue weighted by Gasteiger charge is -2.15. The molecule has 0 bridgehead atoms. The molecule has 2 rings (SSSR count). The van der Waals surface area contributed by atoms with Crippen molar-refractivity contribution in [3.63, 3.8) is 0 Å². The number of para-hydroxylation sites is 1. The second-order valence-electron chi connectivity index (χ2n) is 4.63. The molecule has 0 radical (unpaired) electrons. The number of hydrogen-bond donors (Lipinski definition) is 2. The molecule has 0 aliphatic rings. The van der Waals surface area contributed by atoms with Gasteiger partial charge in [0.05, 0.1) is 21.4 Å². The van der Waals surface area contributed by atoms with Gasteiger partial charge >= 0.3 is 0 Å². The van der Waals surface area contributed by atoms with Crippen LogP contribution in [0.4, 0.5) is 11.4 Å². The molecule has 4 nitrogen and oxygen atoms in total. The van der Waals surface area contributed by atoms with E-state index in [0.29, 0.717) is 5.56 Å². The average Bonchev–Trinajstić information content (AvgIpc) is 2.39. The normalized spacial score (nSPS) is 11.4. The van der Waals surface area contributed by atoms with Crippen LogP contribution in [0.25, 0.3) is 0 Å². The van der Waals surface area contributed by atoms with Crippen LogP contribution in [0.3, 0.4) is 0 Å². The van der Waals surface area contributed by atoms with Crippen molar-refractivity contribution in [1.29, 1.82) is 0 Å². The van der Waals surface area contributed by atoms with Gasteiger partial charge in [0, 0.05) is 0 Å². The van der Waals surface area contributed by atoms with E-state index in [0.717, 1.165) is 5.56 Å². The molecular weight excluding hydrogens is 331 g/mol. The number of rotatable bonds is 3. The number of sulfonamides is 1. The minimum absolute atomic E-state index is 0.0403.